The van der Waals surface area contributed by atoms with Crippen LogP contribution in [0, 0.1) is 12.3 Å². The maximum absolute atomic E-state index is 13.6. The summed E-state index contributed by atoms with van der Waals surface area (Å²) in [6.45, 7) is 0. The highest BCUT2D eigenvalue weighted by Crippen LogP contribution is 2.35. The highest BCUT2D eigenvalue weighted by Gasteiger charge is 2.34. The fraction of sp³-hybridized carbons (Fsp3) is 0.385. The number of carbonyl (C=O) groups is 2. The average molecular weight is 451 g/mol. The Hall–Kier alpha value is -3.66. The molecular formula is C26H30N2O5. The third kappa shape index (κ3) is 5.78. The number of ether oxygens (including phenoxy) is 3. The lowest BCUT2D eigenvalue weighted by molar-refractivity contribution is -0.125. The zero-order valence-corrected chi connectivity index (χ0v) is 19.3. The molecule has 1 aliphatic rings. The Morgan fingerprint density at radius 2 is 1.52 bits per heavy atom. The van der Waals surface area contributed by atoms with Gasteiger partial charge < -0.3 is 19.5 Å². The Bertz CT molecular complexity index is 984. The minimum Gasteiger partial charge on any atom is -0.497 e. The second-order valence-corrected chi connectivity index (χ2v) is 7.91. The minimum atomic E-state index is -0.988. The molecule has 0 radical (unpaired) electrons. The molecule has 0 bridgehead atoms. The largest absolute Gasteiger partial charge is 0.497 e. The van der Waals surface area contributed by atoms with Crippen molar-refractivity contribution >= 4 is 17.5 Å². The molecule has 7 nitrogen and oxygen atoms in total. The standard InChI is InChI=1S/C26H30N2O5/c1-5-24(29)28(20-15-22(32-3)17-23(16-20)33-4)25(18-11-13-21(31-2)14-12-18)26(30)27-19-9-7-6-8-10-19/h1,11-17,19,25H,6-10H2,2-4H3,(H,27,30). The molecule has 1 atom stereocenters. The van der Waals surface area contributed by atoms with E-state index in [4.69, 9.17) is 20.6 Å². The van der Waals surface area contributed by atoms with Crippen molar-refractivity contribution in [2.45, 2.75) is 44.2 Å². The molecule has 2 aromatic rings. The molecule has 1 saturated carbocycles. The van der Waals surface area contributed by atoms with Crippen molar-refractivity contribution in [3.8, 4) is 29.6 Å². The van der Waals surface area contributed by atoms with E-state index in [9.17, 15) is 9.59 Å². The number of benzene rings is 2. The molecule has 3 rings (SSSR count). The van der Waals surface area contributed by atoms with Crippen LogP contribution in [0.1, 0.15) is 43.7 Å². The van der Waals surface area contributed by atoms with E-state index in [1.54, 1.807) is 49.6 Å². The molecule has 0 spiro atoms. The van der Waals surface area contributed by atoms with Gasteiger partial charge >= 0.3 is 5.91 Å². The van der Waals surface area contributed by atoms with Crippen molar-refractivity contribution in [3.05, 3.63) is 48.0 Å². The summed E-state index contributed by atoms with van der Waals surface area (Å²) in [5, 5.41) is 3.14. The summed E-state index contributed by atoms with van der Waals surface area (Å²) in [4.78, 5) is 28.0. The van der Waals surface area contributed by atoms with Gasteiger partial charge in [0.25, 0.3) is 0 Å². The van der Waals surface area contributed by atoms with E-state index in [0.717, 1.165) is 25.7 Å². The van der Waals surface area contributed by atoms with Crippen molar-refractivity contribution in [1.82, 2.24) is 5.32 Å². The first kappa shape index (κ1) is 24.0. The van der Waals surface area contributed by atoms with Crippen LogP contribution in [-0.4, -0.2) is 39.2 Å². The first-order valence-corrected chi connectivity index (χ1v) is 11.0. The second-order valence-electron chi connectivity index (χ2n) is 7.91. The van der Waals surface area contributed by atoms with Crippen LogP contribution >= 0.6 is 0 Å². The van der Waals surface area contributed by atoms with Crippen LogP contribution in [0.5, 0.6) is 17.2 Å². The molecule has 1 unspecified atom stereocenters. The first-order valence-electron chi connectivity index (χ1n) is 11.0. The van der Waals surface area contributed by atoms with Gasteiger partial charge in [-0.05, 0) is 36.5 Å². The summed E-state index contributed by atoms with van der Waals surface area (Å²) in [5.74, 6) is 2.82. The SMILES string of the molecule is C#CC(=O)N(c1cc(OC)cc(OC)c1)C(C(=O)NC1CCCCC1)c1ccc(OC)cc1. The summed E-state index contributed by atoms with van der Waals surface area (Å²) >= 11 is 0. The van der Waals surface area contributed by atoms with Crippen molar-refractivity contribution in [1.29, 1.82) is 0 Å². The molecule has 1 N–H and O–H groups in total. The van der Waals surface area contributed by atoms with Gasteiger partial charge in [0.1, 0.15) is 23.3 Å². The number of nitrogens with zero attached hydrogens (tertiary/aromatic N) is 1. The van der Waals surface area contributed by atoms with E-state index in [1.807, 2.05) is 0 Å². The van der Waals surface area contributed by atoms with E-state index >= 15 is 0 Å². The fourth-order valence-electron chi connectivity index (χ4n) is 4.12. The zero-order chi connectivity index (χ0) is 23.8. The van der Waals surface area contributed by atoms with E-state index in [1.165, 1.54) is 25.5 Å². The number of hydrogen-bond donors (Lipinski definition) is 1. The first-order chi connectivity index (χ1) is 16.0. The monoisotopic (exact) mass is 450 g/mol. The molecule has 2 aromatic carbocycles. The smallest absolute Gasteiger partial charge is 0.303 e. The van der Waals surface area contributed by atoms with Crippen molar-refractivity contribution < 1.29 is 23.8 Å². The Morgan fingerprint density at radius 1 is 0.939 bits per heavy atom. The number of anilines is 1. The van der Waals surface area contributed by atoms with E-state index in [-0.39, 0.29) is 11.9 Å². The molecule has 1 fully saturated rings. The Balaban J connectivity index is 2.09. The molecule has 0 aliphatic heterocycles. The fourth-order valence-corrected chi connectivity index (χ4v) is 4.12. The third-order valence-electron chi connectivity index (χ3n) is 5.85. The Morgan fingerprint density at radius 3 is 2.03 bits per heavy atom. The number of rotatable bonds is 8. The molecule has 2 amide bonds. The predicted octanol–water partition coefficient (Wildman–Crippen LogP) is 3.87. The highest BCUT2D eigenvalue weighted by atomic mass is 16.5. The van der Waals surface area contributed by atoms with Gasteiger partial charge in [-0.2, -0.15) is 0 Å². The number of hydrogen-bond acceptors (Lipinski definition) is 5. The minimum absolute atomic E-state index is 0.0645. The molecular weight excluding hydrogens is 420 g/mol. The van der Waals surface area contributed by atoms with Gasteiger partial charge in [-0.15, -0.1) is 6.42 Å². The summed E-state index contributed by atoms with van der Waals surface area (Å²) in [6.07, 6.45) is 10.7. The summed E-state index contributed by atoms with van der Waals surface area (Å²) < 4.78 is 16.0. The summed E-state index contributed by atoms with van der Waals surface area (Å²) in [7, 11) is 4.60. The number of amides is 2. The van der Waals surface area contributed by atoms with Gasteiger partial charge in [0.05, 0.1) is 27.0 Å². The molecule has 33 heavy (non-hydrogen) atoms. The number of methoxy groups -OCH3 is 3. The number of nitrogens with one attached hydrogen (secondary N) is 1. The van der Waals surface area contributed by atoms with Gasteiger partial charge in [-0.25, -0.2) is 0 Å². The maximum atomic E-state index is 13.6. The maximum Gasteiger partial charge on any atom is 0.303 e. The van der Waals surface area contributed by atoms with Crippen molar-refractivity contribution in [3.63, 3.8) is 0 Å². The highest BCUT2D eigenvalue weighted by molar-refractivity contribution is 6.09. The molecule has 0 heterocycles. The molecule has 174 valence electrons. The quantitative estimate of drug-likeness (QED) is 0.618. The number of terminal acetylenes is 1. The Labute approximate surface area is 195 Å². The van der Waals surface area contributed by atoms with Gasteiger partial charge in [0.2, 0.25) is 5.91 Å². The van der Waals surface area contributed by atoms with Crippen LogP contribution in [-0.2, 0) is 9.59 Å². The van der Waals surface area contributed by atoms with Crippen LogP contribution < -0.4 is 24.4 Å². The molecule has 0 saturated heterocycles. The molecule has 1 aliphatic carbocycles. The third-order valence-corrected chi connectivity index (χ3v) is 5.85. The van der Waals surface area contributed by atoms with Crippen LogP contribution in [0.2, 0.25) is 0 Å². The lowest BCUT2D eigenvalue weighted by Crippen LogP contribution is -2.47. The van der Waals surface area contributed by atoms with Gasteiger partial charge in [-0.3, -0.25) is 14.5 Å². The van der Waals surface area contributed by atoms with E-state index in [2.05, 4.69) is 11.2 Å². The van der Waals surface area contributed by atoms with Crippen LogP contribution in [0.3, 0.4) is 0 Å². The van der Waals surface area contributed by atoms with Crippen LogP contribution in [0.4, 0.5) is 5.69 Å². The number of carbonyl (C=O) groups excluding carboxylic acids is 2. The lowest BCUT2D eigenvalue weighted by Gasteiger charge is -2.32. The van der Waals surface area contributed by atoms with E-state index < -0.39 is 11.9 Å². The van der Waals surface area contributed by atoms with Crippen LogP contribution in [0.25, 0.3) is 0 Å². The Kier molecular flexibility index (Phi) is 8.20. The van der Waals surface area contributed by atoms with Gasteiger partial charge in [0.15, 0.2) is 0 Å². The summed E-state index contributed by atoms with van der Waals surface area (Å²) in [5.41, 5.74) is 1.00. The molecule has 0 aromatic heterocycles. The van der Waals surface area contributed by atoms with Crippen molar-refractivity contribution in [2.24, 2.45) is 0 Å². The summed E-state index contributed by atoms with van der Waals surface area (Å²) in [6, 6.07) is 11.1. The lowest BCUT2D eigenvalue weighted by atomic mass is 9.94. The second kappa shape index (κ2) is 11.3. The van der Waals surface area contributed by atoms with E-state index in [0.29, 0.717) is 28.5 Å². The average Bonchev–Trinajstić information content (AvgIpc) is 2.87. The molecule has 7 heteroatoms. The zero-order valence-electron chi connectivity index (χ0n) is 19.3. The van der Waals surface area contributed by atoms with Gasteiger partial charge in [0, 0.05) is 24.2 Å². The normalized spacial score (nSPS) is 14.5. The predicted molar refractivity (Wildman–Crippen MR) is 127 cm³/mol. The van der Waals surface area contributed by atoms with Crippen LogP contribution in [0.15, 0.2) is 42.5 Å². The van der Waals surface area contributed by atoms with Crippen molar-refractivity contribution in [2.75, 3.05) is 26.2 Å². The van der Waals surface area contributed by atoms with Gasteiger partial charge in [-0.1, -0.05) is 31.4 Å². The topological polar surface area (TPSA) is 77.1 Å².